The highest BCUT2D eigenvalue weighted by Gasteiger charge is 2.17. The maximum absolute atomic E-state index is 12.3. The fraction of sp³-hybridized carbons (Fsp3) is 0.125. The molecule has 2 heterocycles. The van der Waals surface area contributed by atoms with Crippen molar-refractivity contribution in [1.29, 1.82) is 0 Å². The minimum absolute atomic E-state index is 0.221. The summed E-state index contributed by atoms with van der Waals surface area (Å²) in [6.45, 7) is 2.46. The van der Waals surface area contributed by atoms with Gasteiger partial charge in [-0.3, -0.25) is 9.78 Å². The van der Waals surface area contributed by atoms with E-state index in [4.69, 9.17) is 0 Å². The van der Waals surface area contributed by atoms with Crippen LogP contribution in [0.15, 0.2) is 48.8 Å². The molecule has 3 aromatic rings. The van der Waals surface area contributed by atoms with Gasteiger partial charge >= 0.3 is 0 Å². The summed E-state index contributed by atoms with van der Waals surface area (Å²) < 4.78 is 3.92. The lowest BCUT2D eigenvalue weighted by atomic mass is 10.1. The van der Waals surface area contributed by atoms with Crippen molar-refractivity contribution in [3.63, 3.8) is 0 Å². The van der Waals surface area contributed by atoms with E-state index in [1.54, 1.807) is 12.4 Å². The number of amides is 1. The van der Waals surface area contributed by atoms with E-state index in [2.05, 4.69) is 19.9 Å². The molecule has 1 aromatic carbocycles. The lowest BCUT2D eigenvalue weighted by Gasteiger charge is -2.05. The molecule has 0 unspecified atom stereocenters. The van der Waals surface area contributed by atoms with Crippen molar-refractivity contribution in [2.75, 3.05) is 0 Å². The number of rotatable bonds is 4. The first-order chi connectivity index (χ1) is 10.7. The third kappa shape index (κ3) is 3.17. The van der Waals surface area contributed by atoms with E-state index in [0.29, 0.717) is 12.2 Å². The molecule has 0 aliphatic heterocycles. The largest absolute Gasteiger partial charge is 0.347 e. The Labute approximate surface area is 132 Å². The van der Waals surface area contributed by atoms with Crippen LogP contribution in [0.5, 0.6) is 0 Å². The minimum atomic E-state index is -0.221. The molecule has 3 rings (SSSR count). The van der Waals surface area contributed by atoms with Gasteiger partial charge in [0.2, 0.25) is 0 Å². The van der Waals surface area contributed by atoms with Gasteiger partial charge in [-0.2, -0.15) is 0 Å². The number of pyridine rings is 1. The van der Waals surface area contributed by atoms with Gasteiger partial charge in [-0.15, -0.1) is 5.10 Å². The molecule has 0 aliphatic rings. The summed E-state index contributed by atoms with van der Waals surface area (Å²) in [5.74, 6) is -0.221. The monoisotopic (exact) mass is 310 g/mol. The normalized spacial score (nSPS) is 10.4. The number of hydrogen-bond acceptors (Lipinski definition) is 5. The highest BCUT2D eigenvalue weighted by Crippen LogP contribution is 2.26. The van der Waals surface area contributed by atoms with Crippen LogP contribution >= 0.6 is 11.5 Å². The van der Waals surface area contributed by atoms with E-state index in [0.717, 1.165) is 16.0 Å². The van der Waals surface area contributed by atoms with E-state index < -0.39 is 0 Å². The van der Waals surface area contributed by atoms with Gasteiger partial charge in [0, 0.05) is 18.9 Å². The molecule has 0 saturated carbocycles. The second kappa shape index (κ2) is 6.44. The summed E-state index contributed by atoms with van der Waals surface area (Å²) in [7, 11) is 0. The molecule has 2 aromatic heterocycles. The van der Waals surface area contributed by atoms with Crippen molar-refractivity contribution in [1.82, 2.24) is 19.9 Å². The lowest BCUT2D eigenvalue weighted by molar-refractivity contribution is 0.0946. The molecule has 0 fully saturated rings. The van der Waals surface area contributed by atoms with Crippen LogP contribution in [0.25, 0.3) is 10.4 Å². The summed E-state index contributed by atoms with van der Waals surface area (Å²) in [6, 6.07) is 11.7. The molecule has 1 N–H and O–H groups in total. The average molecular weight is 310 g/mol. The molecule has 110 valence electrons. The standard InChI is InChI=1S/C16H14N4OS/c1-11-2-4-13(5-3-11)15-14(19-20-22-15)16(21)18-10-12-6-8-17-9-7-12/h2-9H,10H2,1H3,(H,18,21). The topological polar surface area (TPSA) is 67.8 Å². The third-order valence-electron chi connectivity index (χ3n) is 3.22. The van der Waals surface area contributed by atoms with E-state index in [1.165, 1.54) is 17.1 Å². The number of nitrogens with one attached hydrogen (secondary N) is 1. The van der Waals surface area contributed by atoms with Crippen molar-refractivity contribution in [2.45, 2.75) is 13.5 Å². The number of benzene rings is 1. The van der Waals surface area contributed by atoms with Crippen LogP contribution in [0.1, 0.15) is 21.6 Å². The summed E-state index contributed by atoms with van der Waals surface area (Å²) in [6.07, 6.45) is 3.40. The molecular weight excluding hydrogens is 296 g/mol. The third-order valence-corrected chi connectivity index (χ3v) is 3.99. The van der Waals surface area contributed by atoms with E-state index in [1.807, 2.05) is 43.3 Å². The summed E-state index contributed by atoms with van der Waals surface area (Å²) in [5.41, 5.74) is 3.48. The first kappa shape index (κ1) is 14.3. The van der Waals surface area contributed by atoms with E-state index in [9.17, 15) is 4.79 Å². The number of carbonyl (C=O) groups is 1. The van der Waals surface area contributed by atoms with Gasteiger partial charge in [0.15, 0.2) is 5.69 Å². The zero-order valence-electron chi connectivity index (χ0n) is 12.0. The number of carbonyl (C=O) groups excluding carboxylic acids is 1. The molecule has 0 bridgehead atoms. The van der Waals surface area contributed by atoms with Crippen molar-refractivity contribution >= 4 is 17.4 Å². The Balaban J connectivity index is 1.76. The van der Waals surface area contributed by atoms with Crippen LogP contribution in [0.4, 0.5) is 0 Å². The maximum Gasteiger partial charge on any atom is 0.273 e. The molecule has 5 nitrogen and oxygen atoms in total. The first-order valence-corrected chi connectivity index (χ1v) is 7.58. The lowest BCUT2D eigenvalue weighted by Crippen LogP contribution is -2.23. The van der Waals surface area contributed by atoms with E-state index >= 15 is 0 Å². The Bertz CT molecular complexity index is 768. The zero-order chi connectivity index (χ0) is 15.4. The molecule has 0 atom stereocenters. The Morgan fingerprint density at radius 1 is 1.14 bits per heavy atom. The van der Waals surface area contributed by atoms with Gasteiger partial charge in [-0.05, 0) is 41.7 Å². The van der Waals surface area contributed by atoms with Gasteiger partial charge in [-0.25, -0.2) is 0 Å². The average Bonchev–Trinajstić information content (AvgIpc) is 3.04. The fourth-order valence-electron chi connectivity index (χ4n) is 2.00. The molecule has 6 heteroatoms. The Morgan fingerprint density at radius 2 is 1.86 bits per heavy atom. The predicted octanol–water partition coefficient (Wildman–Crippen LogP) is 2.84. The number of hydrogen-bond donors (Lipinski definition) is 1. The van der Waals surface area contributed by atoms with Crippen molar-refractivity contribution in [3.8, 4) is 10.4 Å². The van der Waals surface area contributed by atoms with Gasteiger partial charge in [0.1, 0.15) is 0 Å². The number of nitrogens with zero attached hydrogens (tertiary/aromatic N) is 3. The van der Waals surface area contributed by atoms with Crippen LogP contribution in [-0.2, 0) is 6.54 Å². The SMILES string of the molecule is Cc1ccc(-c2snnc2C(=O)NCc2ccncc2)cc1. The van der Waals surface area contributed by atoms with Gasteiger partial charge in [0.05, 0.1) is 4.88 Å². The Morgan fingerprint density at radius 3 is 2.59 bits per heavy atom. The van der Waals surface area contributed by atoms with Crippen molar-refractivity contribution < 1.29 is 4.79 Å². The molecule has 0 saturated heterocycles. The van der Waals surface area contributed by atoms with Crippen molar-refractivity contribution in [2.24, 2.45) is 0 Å². The van der Waals surface area contributed by atoms with Gasteiger partial charge < -0.3 is 5.32 Å². The first-order valence-electron chi connectivity index (χ1n) is 6.80. The molecule has 1 amide bonds. The quantitative estimate of drug-likeness (QED) is 0.804. The molecule has 0 radical (unpaired) electrons. The molecule has 0 aliphatic carbocycles. The van der Waals surface area contributed by atoms with Crippen LogP contribution in [0, 0.1) is 6.92 Å². The minimum Gasteiger partial charge on any atom is -0.347 e. The highest BCUT2D eigenvalue weighted by atomic mass is 32.1. The second-order valence-electron chi connectivity index (χ2n) is 4.85. The summed E-state index contributed by atoms with van der Waals surface area (Å²) in [5, 5.41) is 6.83. The highest BCUT2D eigenvalue weighted by molar-refractivity contribution is 7.09. The maximum atomic E-state index is 12.3. The van der Waals surface area contributed by atoms with Crippen LogP contribution in [0.3, 0.4) is 0 Å². The van der Waals surface area contributed by atoms with Gasteiger partial charge in [-0.1, -0.05) is 34.3 Å². The number of aryl methyl sites for hydroxylation is 1. The van der Waals surface area contributed by atoms with Crippen LogP contribution in [-0.4, -0.2) is 20.5 Å². The Hall–Kier alpha value is -2.60. The molecule has 22 heavy (non-hydrogen) atoms. The number of aromatic nitrogens is 3. The van der Waals surface area contributed by atoms with Crippen molar-refractivity contribution in [3.05, 3.63) is 65.6 Å². The zero-order valence-corrected chi connectivity index (χ0v) is 12.8. The molecular formula is C16H14N4OS. The van der Waals surface area contributed by atoms with E-state index in [-0.39, 0.29) is 5.91 Å². The predicted molar refractivity (Wildman–Crippen MR) is 85.5 cm³/mol. The van der Waals surface area contributed by atoms with Gasteiger partial charge in [0.25, 0.3) is 5.91 Å². The second-order valence-corrected chi connectivity index (χ2v) is 5.61. The van der Waals surface area contributed by atoms with Crippen LogP contribution in [0.2, 0.25) is 0 Å². The van der Waals surface area contributed by atoms with Crippen LogP contribution < -0.4 is 5.32 Å². The summed E-state index contributed by atoms with van der Waals surface area (Å²) >= 11 is 1.23. The fourth-order valence-corrected chi connectivity index (χ4v) is 2.67. The molecule has 0 spiro atoms. The smallest absolute Gasteiger partial charge is 0.273 e. The Kier molecular flexibility index (Phi) is 4.20. The summed E-state index contributed by atoms with van der Waals surface area (Å²) in [4.78, 5) is 17.1.